The first kappa shape index (κ1) is 12.5. The van der Waals surface area contributed by atoms with Crippen molar-refractivity contribution in [1.29, 1.82) is 0 Å². The van der Waals surface area contributed by atoms with Crippen molar-refractivity contribution in [2.75, 3.05) is 5.32 Å². The van der Waals surface area contributed by atoms with Crippen LogP contribution in [0.3, 0.4) is 0 Å². The van der Waals surface area contributed by atoms with Crippen molar-refractivity contribution >= 4 is 5.69 Å². The zero-order valence-corrected chi connectivity index (χ0v) is 11.3. The highest BCUT2D eigenvalue weighted by Crippen LogP contribution is 2.50. The Labute approximate surface area is 121 Å². The maximum Gasteiger partial charge on any atom is 0.149 e. The number of hydrogen-bond donors (Lipinski definition) is 1. The number of pyridine rings is 1. The molecule has 3 atom stereocenters. The van der Waals surface area contributed by atoms with E-state index in [-0.39, 0.29) is 17.9 Å². The lowest BCUT2D eigenvalue weighted by atomic mass is 9.78. The molecule has 1 aromatic heterocycles. The van der Waals surface area contributed by atoms with Crippen LogP contribution in [0.1, 0.15) is 29.6 Å². The molecule has 21 heavy (non-hydrogen) atoms. The number of hydrogen-bond acceptors (Lipinski definition) is 2. The van der Waals surface area contributed by atoms with E-state index >= 15 is 0 Å². The molecule has 0 amide bonds. The lowest BCUT2D eigenvalue weighted by Gasteiger charge is -2.37. The first-order valence-corrected chi connectivity index (χ1v) is 7.07. The zero-order valence-electron chi connectivity index (χ0n) is 11.3. The summed E-state index contributed by atoms with van der Waals surface area (Å²) in [5.41, 5.74) is 2.00. The van der Waals surface area contributed by atoms with Crippen molar-refractivity contribution in [3.63, 3.8) is 0 Å². The van der Waals surface area contributed by atoms with Gasteiger partial charge in [0.05, 0.1) is 17.4 Å². The molecular formula is C17H14F2N2. The molecule has 0 saturated heterocycles. The molecule has 2 aliphatic rings. The predicted octanol–water partition coefficient (Wildman–Crippen LogP) is 4.19. The minimum absolute atomic E-state index is 0.0402. The van der Waals surface area contributed by atoms with Crippen LogP contribution in [0.25, 0.3) is 0 Å². The fourth-order valence-electron chi connectivity index (χ4n) is 3.47. The number of rotatable bonds is 1. The number of aromatic nitrogens is 1. The molecule has 4 rings (SSSR count). The highest BCUT2D eigenvalue weighted by atomic mass is 19.1. The Morgan fingerprint density at radius 1 is 1.19 bits per heavy atom. The summed E-state index contributed by atoms with van der Waals surface area (Å²) < 4.78 is 27.7. The smallest absolute Gasteiger partial charge is 0.149 e. The normalized spacial score (nSPS) is 26.1. The predicted molar refractivity (Wildman–Crippen MR) is 76.9 cm³/mol. The van der Waals surface area contributed by atoms with E-state index in [1.807, 2.05) is 18.2 Å². The molecule has 1 aliphatic carbocycles. The largest absolute Gasteiger partial charge is 0.374 e. The topological polar surface area (TPSA) is 24.9 Å². The van der Waals surface area contributed by atoms with Gasteiger partial charge in [-0.2, -0.15) is 0 Å². The molecule has 1 aromatic carbocycles. The van der Waals surface area contributed by atoms with Crippen molar-refractivity contribution < 1.29 is 8.78 Å². The molecule has 0 spiro atoms. The molecule has 0 saturated carbocycles. The molecular weight excluding hydrogens is 270 g/mol. The van der Waals surface area contributed by atoms with Gasteiger partial charge >= 0.3 is 0 Å². The number of allylic oxidation sites excluding steroid dienone is 2. The van der Waals surface area contributed by atoms with Crippen LogP contribution in [0.4, 0.5) is 14.5 Å². The van der Waals surface area contributed by atoms with E-state index < -0.39 is 11.6 Å². The summed E-state index contributed by atoms with van der Waals surface area (Å²) in [6.07, 6.45) is 6.77. The fraction of sp³-hybridized carbons (Fsp3) is 0.235. The summed E-state index contributed by atoms with van der Waals surface area (Å²) in [7, 11) is 0. The van der Waals surface area contributed by atoms with E-state index in [2.05, 4.69) is 22.5 Å². The van der Waals surface area contributed by atoms with Crippen molar-refractivity contribution in [2.24, 2.45) is 5.92 Å². The number of nitrogens with zero attached hydrogens (tertiary/aromatic N) is 1. The molecule has 0 radical (unpaired) electrons. The van der Waals surface area contributed by atoms with Crippen LogP contribution in [0, 0.1) is 17.6 Å². The monoisotopic (exact) mass is 284 g/mol. The summed E-state index contributed by atoms with van der Waals surface area (Å²) in [6, 6.07) is 8.05. The average molecular weight is 284 g/mol. The third-order valence-corrected chi connectivity index (χ3v) is 4.39. The van der Waals surface area contributed by atoms with Crippen LogP contribution in [-0.2, 0) is 0 Å². The first-order valence-electron chi connectivity index (χ1n) is 7.07. The molecule has 2 heterocycles. The Morgan fingerprint density at radius 3 is 2.90 bits per heavy atom. The molecule has 0 bridgehead atoms. The lowest BCUT2D eigenvalue weighted by molar-refractivity contribution is 0.412. The van der Waals surface area contributed by atoms with Crippen LogP contribution >= 0.6 is 0 Å². The maximum absolute atomic E-state index is 14.1. The van der Waals surface area contributed by atoms with Crippen molar-refractivity contribution in [1.82, 2.24) is 4.98 Å². The van der Waals surface area contributed by atoms with Crippen molar-refractivity contribution in [3.8, 4) is 0 Å². The molecule has 2 nitrogen and oxygen atoms in total. The van der Waals surface area contributed by atoms with Crippen molar-refractivity contribution in [2.45, 2.75) is 18.4 Å². The van der Waals surface area contributed by atoms with Crippen LogP contribution in [0.2, 0.25) is 0 Å². The second-order valence-corrected chi connectivity index (χ2v) is 5.58. The number of benzene rings is 1. The fourth-order valence-corrected chi connectivity index (χ4v) is 3.47. The van der Waals surface area contributed by atoms with Gasteiger partial charge in [-0.25, -0.2) is 8.78 Å². The number of nitrogens with one attached hydrogen (secondary N) is 1. The van der Waals surface area contributed by atoms with Gasteiger partial charge in [-0.3, -0.25) is 4.98 Å². The maximum atomic E-state index is 14.1. The Morgan fingerprint density at radius 2 is 2.10 bits per heavy atom. The molecule has 0 unspecified atom stereocenters. The highest BCUT2D eigenvalue weighted by Gasteiger charge is 2.39. The van der Waals surface area contributed by atoms with Crippen LogP contribution in [0.5, 0.6) is 0 Å². The average Bonchev–Trinajstić information content (AvgIpc) is 2.97. The molecule has 1 aliphatic heterocycles. The third-order valence-electron chi connectivity index (χ3n) is 4.39. The summed E-state index contributed by atoms with van der Waals surface area (Å²) >= 11 is 0. The minimum Gasteiger partial charge on any atom is -0.374 e. The highest BCUT2D eigenvalue weighted by molar-refractivity contribution is 5.60. The first-order chi connectivity index (χ1) is 10.2. The van der Waals surface area contributed by atoms with Gasteiger partial charge < -0.3 is 5.32 Å². The van der Waals surface area contributed by atoms with Gasteiger partial charge in [-0.1, -0.05) is 18.2 Å². The van der Waals surface area contributed by atoms with E-state index in [1.54, 1.807) is 6.20 Å². The van der Waals surface area contributed by atoms with Crippen LogP contribution < -0.4 is 5.32 Å². The minimum atomic E-state index is -0.537. The standard InChI is InChI=1S/C17H14F2N2/c18-10-8-13-11-4-3-5-12(11)17(15-6-1-2-7-20-15)21-16(13)14(19)9-10/h1-4,6-9,11-12,17,21H,5H2/t11-,12+,17+/m1/s1. The molecule has 1 N–H and O–H groups in total. The van der Waals surface area contributed by atoms with Gasteiger partial charge in [0.1, 0.15) is 11.6 Å². The van der Waals surface area contributed by atoms with Gasteiger partial charge in [-0.15, -0.1) is 0 Å². The quantitative estimate of drug-likeness (QED) is 0.794. The number of anilines is 1. The Kier molecular flexibility index (Phi) is 2.77. The second-order valence-electron chi connectivity index (χ2n) is 5.58. The van der Waals surface area contributed by atoms with Gasteiger partial charge in [0.25, 0.3) is 0 Å². The van der Waals surface area contributed by atoms with Gasteiger partial charge in [0, 0.05) is 18.2 Å². The van der Waals surface area contributed by atoms with Gasteiger partial charge in [0.15, 0.2) is 0 Å². The van der Waals surface area contributed by atoms with E-state index in [1.165, 1.54) is 6.07 Å². The van der Waals surface area contributed by atoms with Gasteiger partial charge in [-0.05, 0) is 36.1 Å². The summed E-state index contributed by atoms with van der Waals surface area (Å²) in [6.45, 7) is 0. The van der Waals surface area contributed by atoms with Crippen molar-refractivity contribution in [3.05, 3.63) is 71.6 Å². The Balaban J connectivity index is 1.84. The molecule has 106 valence electrons. The van der Waals surface area contributed by atoms with Gasteiger partial charge in [0.2, 0.25) is 0 Å². The molecule has 0 fully saturated rings. The number of fused-ring (bicyclic) bond motifs is 3. The molecule has 2 aromatic rings. The second kappa shape index (κ2) is 4.65. The Bertz CT molecular complexity index is 712. The lowest BCUT2D eigenvalue weighted by Crippen LogP contribution is -2.30. The zero-order chi connectivity index (χ0) is 14.4. The third kappa shape index (κ3) is 1.94. The SMILES string of the molecule is Fc1cc(F)c2c(c1)[C@@H]1C=CC[C@@H]1[C@@H](c1ccccn1)N2. The summed E-state index contributed by atoms with van der Waals surface area (Å²) in [4.78, 5) is 4.40. The number of halogens is 2. The van der Waals surface area contributed by atoms with Crippen LogP contribution in [0.15, 0.2) is 48.7 Å². The van der Waals surface area contributed by atoms with Crippen LogP contribution in [-0.4, -0.2) is 4.98 Å². The summed E-state index contributed by atoms with van der Waals surface area (Å²) in [5, 5.41) is 3.24. The van der Waals surface area contributed by atoms with E-state index in [4.69, 9.17) is 0 Å². The Hall–Kier alpha value is -2.23. The summed E-state index contributed by atoms with van der Waals surface area (Å²) in [5.74, 6) is -0.778. The van der Waals surface area contributed by atoms with E-state index in [0.717, 1.165) is 18.2 Å². The van der Waals surface area contributed by atoms with E-state index in [9.17, 15) is 8.78 Å². The molecule has 4 heteroatoms. The van der Waals surface area contributed by atoms with E-state index in [0.29, 0.717) is 11.3 Å².